The summed E-state index contributed by atoms with van der Waals surface area (Å²) in [6, 6.07) is 0. The van der Waals surface area contributed by atoms with Gasteiger partial charge in [0, 0.05) is 20.0 Å². The van der Waals surface area contributed by atoms with Gasteiger partial charge in [-0.1, -0.05) is 17.8 Å². The maximum absolute atomic E-state index is 12.1. The van der Waals surface area contributed by atoms with E-state index < -0.39 is 5.97 Å². The van der Waals surface area contributed by atoms with Crippen molar-refractivity contribution in [1.29, 1.82) is 0 Å². The maximum atomic E-state index is 12.1. The number of rotatable bonds is 7. The van der Waals surface area contributed by atoms with Gasteiger partial charge in [-0.05, 0) is 24.4 Å². The first-order valence-electron chi connectivity index (χ1n) is 5.84. The highest BCUT2D eigenvalue weighted by atomic mass is 32.1. The number of carbonyl (C=O) groups is 2. The highest BCUT2D eigenvalue weighted by molar-refractivity contribution is 7.07. The van der Waals surface area contributed by atoms with Crippen molar-refractivity contribution in [2.45, 2.75) is 32.6 Å². The van der Waals surface area contributed by atoms with E-state index in [4.69, 9.17) is 5.11 Å². The van der Waals surface area contributed by atoms with Gasteiger partial charge in [0.25, 0.3) is 5.91 Å². The van der Waals surface area contributed by atoms with Crippen molar-refractivity contribution in [3.8, 4) is 0 Å². The largest absolute Gasteiger partial charge is 0.481 e. The fourth-order valence-corrected chi connectivity index (χ4v) is 2.22. The van der Waals surface area contributed by atoms with Gasteiger partial charge in [-0.3, -0.25) is 9.59 Å². The second-order valence-corrected chi connectivity index (χ2v) is 4.78. The molecule has 1 aromatic heterocycles. The molecule has 1 heterocycles. The van der Waals surface area contributed by atoms with Gasteiger partial charge >= 0.3 is 5.97 Å². The summed E-state index contributed by atoms with van der Waals surface area (Å²) in [7, 11) is 1.67. The lowest BCUT2D eigenvalue weighted by Crippen LogP contribution is -2.28. The molecule has 1 rings (SSSR count). The van der Waals surface area contributed by atoms with Gasteiger partial charge in [0.05, 0.1) is 5.69 Å². The Morgan fingerprint density at radius 3 is 2.78 bits per heavy atom. The second-order valence-electron chi connectivity index (χ2n) is 4.02. The van der Waals surface area contributed by atoms with Gasteiger partial charge in [-0.2, -0.15) is 0 Å². The van der Waals surface area contributed by atoms with Crippen LogP contribution in [-0.2, 0) is 11.2 Å². The zero-order chi connectivity index (χ0) is 13.5. The SMILES string of the molecule is CCCc1nnsc1C(=O)N(C)CCCC(=O)O. The van der Waals surface area contributed by atoms with Crippen molar-refractivity contribution < 1.29 is 14.7 Å². The number of hydrogen-bond acceptors (Lipinski definition) is 5. The number of carboxylic acids is 1. The number of amides is 1. The Kier molecular flexibility index (Phi) is 5.70. The summed E-state index contributed by atoms with van der Waals surface area (Å²) in [5.74, 6) is -0.971. The standard InChI is InChI=1S/C11H17N3O3S/c1-3-5-8-10(18-13-12-8)11(17)14(2)7-4-6-9(15)16/h3-7H2,1-2H3,(H,15,16). The first kappa shape index (κ1) is 14.6. The molecule has 18 heavy (non-hydrogen) atoms. The molecule has 0 aromatic carbocycles. The summed E-state index contributed by atoms with van der Waals surface area (Å²) in [6.07, 6.45) is 2.17. The zero-order valence-electron chi connectivity index (χ0n) is 10.5. The molecular weight excluding hydrogens is 254 g/mol. The average molecular weight is 271 g/mol. The molecular formula is C11H17N3O3S. The van der Waals surface area contributed by atoms with Crippen molar-refractivity contribution in [3.63, 3.8) is 0 Å². The number of carbonyl (C=O) groups excluding carboxylic acids is 1. The van der Waals surface area contributed by atoms with Gasteiger partial charge < -0.3 is 10.0 Å². The topological polar surface area (TPSA) is 83.4 Å². The van der Waals surface area contributed by atoms with Crippen LogP contribution in [0.25, 0.3) is 0 Å². The van der Waals surface area contributed by atoms with Crippen LogP contribution in [0.2, 0.25) is 0 Å². The van der Waals surface area contributed by atoms with E-state index in [1.165, 1.54) is 4.90 Å². The number of aryl methyl sites for hydroxylation is 1. The molecule has 0 bridgehead atoms. The van der Waals surface area contributed by atoms with E-state index in [9.17, 15) is 9.59 Å². The maximum Gasteiger partial charge on any atom is 0.303 e. The third kappa shape index (κ3) is 4.06. The third-order valence-corrected chi connectivity index (χ3v) is 3.22. The summed E-state index contributed by atoms with van der Waals surface area (Å²) >= 11 is 1.10. The molecule has 0 aliphatic heterocycles. The van der Waals surface area contributed by atoms with E-state index in [0.29, 0.717) is 17.8 Å². The lowest BCUT2D eigenvalue weighted by atomic mass is 10.2. The van der Waals surface area contributed by atoms with Crippen molar-refractivity contribution in [1.82, 2.24) is 14.5 Å². The number of carboxylic acid groups (broad SMARTS) is 1. The first-order valence-corrected chi connectivity index (χ1v) is 6.62. The van der Waals surface area contributed by atoms with Gasteiger partial charge in [0.2, 0.25) is 0 Å². The van der Waals surface area contributed by atoms with Crippen LogP contribution in [0.15, 0.2) is 0 Å². The minimum Gasteiger partial charge on any atom is -0.481 e. The van der Waals surface area contributed by atoms with E-state index in [2.05, 4.69) is 9.59 Å². The molecule has 0 aliphatic rings. The fourth-order valence-electron chi connectivity index (χ4n) is 1.51. The Bertz CT molecular complexity index is 419. The Balaban J connectivity index is 2.57. The van der Waals surface area contributed by atoms with E-state index in [1.54, 1.807) is 7.05 Å². The molecule has 7 heteroatoms. The lowest BCUT2D eigenvalue weighted by Gasteiger charge is -2.15. The molecule has 1 N–H and O–H groups in total. The monoisotopic (exact) mass is 271 g/mol. The van der Waals surface area contributed by atoms with E-state index in [0.717, 1.165) is 30.1 Å². The van der Waals surface area contributed by atoms with Crippen LogP contribution in [-0.4, -0.2) is 45.1 Å². The molecule has 0 unspecified atom stereocenters. The van der Waals surface area contributed by atoms with Crippen LogP contribution < -0.4 is 0 Å². The summed E-state index contributed by atoms with van der Waals surface area (Å²) in [5.41, 5.74) is 0.734. The molecule has 0 aliphatic carbocycles. The van der Waals surface area contributed by atoms with Crippen molar-refractivity contribution in [2.75, 3.05) is 13.6 Å². The molecule has 1 aromatic rings. The van der Waals surface area contributed by atoms with Crippen molar-refractivity contribution in [3.05, 3.63) is 10.6 Å². The summed E-state index contributed by atoms with van der Waals surface area (Å²) in [4.78, 5) is 24.6. The number of aromatic nitrogens is 2. The summed E-state index contributed by atoms with van der Waals surface area (Å²) in [5, 5.41) is 12.5. The van der Waals surface area contributed by atoms with Crippen LogP contribution in [0.3, 0.4) is 0 Å². The molecule has 1 amide bonds. The number of aliphatic carboxylic acids is 1. The average Bonchev–Trinajstić information content (AvgIpc) is 2.76. The molecule has 0 atom stereocenters. The Morgan fingerprint density at radius 2 is 2.17 bits per heavy atom. The third-order valence-electron chi connectivity index (χ3n) is 2.47. The molecule has 0 radical (unpaired) electrons. The Morgan fingerprint density at radius 1 is 1.44 bits per heavy atom. The quantitative estimate of drug-likeness (QED) is 0.811. The molecule has 0 spiro atoms. The number of hydrogen-bond donors (Lipinski definition) is 1. The number of nitrogens with zero attached hydrogens (tertiary/aromatic N) is 3. The van der Waals surface area contributed by atoms with Crippen LogP contribution >= 0.6 is 11.5 Å². The Hall–Kier alpha value is -1.50. The van der Waals surface area contributed by atoms with Crippen molar-refractivity contribution in [2.24, 2.45) is 0 Å². The van der Waals surface area contributed by atoms with E-state index in [1.807, 2.05) is 6.92 Å². The van der Waals surface area contributed by atoms with Crippen LogP contribution in [0.4, 0.5) is 0 Å². The molecule has 100 valence electrons. The van der Waals surface area contributed by atoms with Gasteiger partial charge in [0.15, 0.2) is 0 Å². The highest BCUT2D eigenvalue weighted by Gasteiger charge is 2.19. The van der Waals surface area contributed by atoms with Gasteiger partial charge in [0.1, 0.15) is 4.88 Å². The first-order chi connectivity index (χ1) is 8.56. The minimum atomic E-state index is -0.845. The van der Waals surface area contributed by atoms with E-state index >= 15 is 0 Å². The summed E-state index contributed by atoms with van der Waals surface area (Å²) in [6.45, 7) is 2.44. The molecule has 6 nitrogen and oxygen atoms in total. The minimum absolute atomic E-state index is 0.0698. The van der Waals surface area contributed by atoms with Crippen LogP contribution in [0.1, 0.15) is 41.6 Å². The van der Waals surface area contributed by atoms with E-state index in [-0.39, 0.29) is 12.3 Å². The summed E-state index contributed by atoms with van der Waals surface area (Å²) < 4.78 is 3.80. The van der Waals surface area contributed by atoms with Crippen molar-refractivity contribution >= 4 is 23.4 Å². The lowest BCUT2D eigenvalue weighted by molar-refractivity contribution is -0.137. The predicted octanol–water partition coefficient (Wildman–Crippen LogP) is 1.43. The zero-order valence-corrected chi connectivity index (χ0v) is 11.4. The molecule has 0 saturated heterocycles. The highest BCUT2D eigenvalue weighted by Crippen LogP contribution is 2.15. The second kappa shape index (κ2) is 7.05. The van der Waals surface area contributed by atoms with Gasteiger partial charge in [-0.15, -0.1) is 5.10 Å². The smallest absolute Gasteiger partial charge is 0.303 e. The normalized spacial score (nSPS) is 10.3. The Labute approximate surface area is 110 Å². The fraction of sp³-hybridized carbons (Fsp3) is 0.636. The predicted molar refractivity (Wildman–Crippen MR) is 67.7 cm³/mol. The van der Waals surface area contributed by atoms with Gasteiger partial charge in [-0.25, -0.2) is 0 Å². The molecule has 0 fully saturated rings. The van der Waals surface area contributed by atoms with Crippen LogP contribution in [0.5, 0.6) is 0 Å². The van der Waals surface area contributed by atoms with Crippen LogP contribution in [0, 0.1) is 0 Å². The molecule has 0 saturated carbocycles.